The summed E-state index contributed by atoms with van der Waals surface area (Å²) < 4.78 is 6.28. The van der Waals surface area contributed by atoms with Gasteiger partial charge in [0.05, 0.1) is 6.10 Å². The van der Waals surface area contributed by atoms with Gasteiger partial charge in [0.25, 0.3) is 0 Å². The van der Waals surface area contributed by atoms with Crippen LogP contribution in [0.4, 0.5) is 0 Å². The molecule has 1 aliphatic carbocycles. The fourth-order valence-corrected chi connectivity index (χ4v) is 2.96. The molecule has 2 atom stereocenters. The lowest BCUT2D eigenvalue weighted by Crippen LogP contribution is -2.25. The quantitative estimate of drug-likeness (QED) is 0.713. The largest absolute Gasteiger partial charge is 0.490 e. The predicted molar refractivity (Wildman–Crippen MR) is 77.2 cm³/mol. The molecule has 1 fully saturated rings. The molecule has 0 amide bonds. The lowest BCUT2D eigenvalue weighted by atomic mass is 9.85. The summed E-state index contributed by atoms with van der Waals surface area (Å²) in [6.45, 7) is 6.77. The maximum Gasteiger partial charge on any atom is 0.123 e. The van der Waals surface area contributed by atoms with Gasteiger partial charge in [0, 0.05) is 0 Å². The van der Waals surface area contributed by atoms with Crippen LogP contribution in [0.1, 0.15) is 64.4 Å². The molecule has 1 aliphatic rings. The zero-order valence-corrected chi connectivity index (χ0v) is 12.0. The van der Waals surface area contributed by atoms with Gasteiger partial charge in [0.1, 0.15) is 5.75 Å². The normalized spacial score (nSPS) is 24.2. The Balaban J connectivity index is 2.04. The van der Waals surface area contributed by atoms with E-state index in [-0.39, 0.29) is 0 Å². The lowest BCUT2D eigenvalue weighted by molar-refractivity contribution is 0.120. The van der Waals surface area contributed by atoms with Gasteiger partial charge in [-0.05, 0) is 42.7 Å². The van der Waals surface area contributed by atoms with E-state index in [2.05, 4.69) is 45.0 Å². The van der Waals surface area contributed by atoms with Gasteiger partial charge in [-0.3, -0.25) is 0 Å². The van der Waals surface area contributed by atoms with Gasteiger partial charge in [-0.25, -0.2) is 0 Å². The predicted octanol–water partition coefficient (Wildman–Crippen LogP) is 5.16. The van der Waals surface area contributed by atoms with Crippen molar-refractivity contribution in [3.63, 3.8) is 0 Å². The molecule has 1 aromatic rings. The molecule has 2 rings (SSSR count). The molecule has 0 N–H and O–H groups in total. The summed E-state index contributed by atoms with van der Waals surface area (Å²) in [5, 5.41) is 0. The molecule has 1 saturated carbocycles. The van der Waals surface area contributed by atoms with Crippen LogP contribution in [0.15, 0.2) is 24.3 Å². The average molecular weight is 246 g/mol. The number of ether oxygens (including phenoxy) is 1. The minimum atomic E-state index is 0.434. The Morgan fingerprint density at radius 2 is 2.00 bits per heavy atom. The molecule has 0 aliphatic heterocycles. The van der Waals surface area contributed by atoms with Crippen molar-refractivity contribution in [2.24, 2.45) is 5.92 Å². The van der Waals surface area contributed by atoms with Gasteiger partial charge in [-0.15, -0.1) is 0 Å². The highest BCUT2D eigenvalue weighted by Crippen LogP contribution is 2.32. The fourth-order valence-electron chi connectivity index (χ4n) is 2.96. The Hall–Kier alpha value is -0.980. The highest BCUT2D eigenvalue weighted by atomic mass is 16.5. The van der Waals surface area contributed by atoms with Crippen molar-refractivity contribution in [1.82, 2.24) is 0 Å². The molecular formula is C17H26O. The van der Waals surface area contributed by atoms with Crippen molar-refractivity contribution in [3.05, 3.63) is 29.8 Å². The Morgan fingerprint density at radius 3 is 2.72 bits per heavy atom. The molecule has 2 unspecified atom stereocenters. The zero-order chi connectivity index (χ0) is 13.0. The molecular weight excluding hydrogens is 220 g/mol. The second-order valence-electron chi connectivity index (χ2n) is 5.87. The van der Waals surface area contributed by atoms with Crippen LogP contribution in [0, 0.1) is 5.92 Å². The Labute approximate surface area is 112 Å². The fraction of sp³-hybridized carbons (Fsp3) is 0.647. The van der Waals surface area contributed by atoms with E-state index in [4.69, 9.17) is 4.74 Å². The molecule has 0 radical (unpaired) electrons. The summed E-state index contributed by atoms with van der Waals surface area (Å²) in [4.78, 5) is 0. The van der Waals surface area contributed by atoms with E-state index in [1.807, 2.05) is 0 Å². The highest BCUT2D eigenvalue weighted by molar-refractivity contribution is 5.35. The van der Waals surface area contributed by atoms with Crippen LogP contribution >= 0.6 is 0 Å². The summed E-state index contributed by atoms with van der Waals surface area (Å²) in [6, 6.07) is 8.52. The van der Waals surface area contributed by atoms with E-state index in [0.717, 1.165) is 11.7 Å². The molecule has 0 saturated heterocycles. The minimum absolute atomic E-state index is 0.434. The SMILES string of the molecule is CCC1CCCC(Oc2ccccc2C(C)C)C1. The lowest BCUT2D eigenvalue weighted by Gasteiger charge is -2.30. The van der Waals surface area contributed by atoms with E-state index >= 15 is 0 Å². The third-order valence-corrected chi connectivity index (χ3v) is 4.15. The smallest absolute Gasteiger partial charge is 0.123 e. The Morgan fingerprint density at radius 1 is 1.22 bits per heavy atom. The summed E-state index contributed by atoms with van der Waals surface area (Å²) >= 11 is 0. The number of hydrogen-bond acceptors (Lipinski definition) is 1. The van der Waals surface area contributed by atoms with Gasteiger partial charge < -0.3 is 4.74 Å². The van der Waals surface area contributed by atoms with Gasteiger partial charge in [-0.1, -0.05) is 51.8 Å². The van der Waals surface area contributed by atoms with Crippen molar-refractivity contribution >= 4 is 0 Å². The minimum Gasteiger partial charge on any atom is -0.490 e. The number of hydrogen-bond donors (Lipinski definition) is 0. The first-order chi connectivity index (χ1) is 8.70. The van der Waals surface area contributed by atoms with Crippen LogP contribution in [0.3, 0.4) is 0 Å². The highest BCUT2D eigenvalue weighted by Gasteiger charge is 2.22. The monoisotopic (exact) mass is 246 g/mol. The number of para-hydroxylation sites is 1. The van der Waals surface area contributed by atoms with Crippen molar-refractivity contribution in [2.75, 3.05) is 0 Å². The third-order valence-electron chi connectivity index (χ3n) is 4.15. The molecule has 0 heterocycles. The van der Waals surface area contributed by atoms with E-state index in [1.165, 1.54) is 37.7 Å². The topological polar surface area (TPSA) is 9.23 Å². The van der Waals surface area contributed by atoms with Crippen molar-refractivity contribution in [1.29, 1.82) is 0 Å². The van der Waals surface area contributed by atoms with Crippen LogP contribution in [-0.4, -0.2) is 6.10 Å². The van der Waals surface area contributed by atoms with Crippen molar-refractivity contribution < 1.29 is 4.74 Å². The molecule has 0 spiro atoms. The first-order valence-corrected chi connectivity index (χ1v) is 7.46. The summed E-state index contributed by atoms with van der Waals surface area (Å²) in [5.41, 5.74) is 1.34. The van der Waals surface area contributed by atoms with Crippen LogP contribution < -0.4 is 4.74 Å². The summed E-state index contributed by atoms with van der Waals surface area (Å²) in [7, 11) is 0. The van der Waals surface area contributed by atoms with Crippen molar-refractivity contribution in [3.8, 4) is 5.75 Å². The maximum absolute atomic E-state index is 6.28. The van der Waals surface area contributed by atoms with Crippen LogP contribution in [-0.2, 0) is 0 Å². The van der Waals surface area contributed by atoms with Gasteiger partial charge in [0.15, 0.2) is 0 Å². The summed E-state index contributed by atoms with van der Waals surface area (Å²) in [5.74, 6) is 2.51. The molecule has 0 bridgehead atoms. The van der Waals surface area contributed by atoms with E-state index < -0.39 is 0 Å². The van der Waals surface area contributed by atoms with Crippen LogP contribution in [0.5, 0.6) is 5.75 Å². The van der Waals surface area contributed by atoms with E-state index in [1.54, 1.807) is 0 Å². The Bertz CT molecular complexity index is 370. The van der Waals surface area contributed by atoms with E-state index in [0.29, 0.717) is 12.0 Å². The van der Waals surface area contributed by atoms with Crippen LogP contribution in [0.2, 0.25) is 0 Å². The van der Waals surface area contributed by atoms with Gasteiger partial charge in [0.2, 0.25) is 0 Å². The van der Waals surface area contributed by atoms with Gasteiger partial charge >= 0.3 is 0 Å². The second-order valence-corrected chi connectivity index (χ2v) is 5.87. The number of benzene rings is 1. The summed E-state index contributed by atoms with van der Waals surface area (Å²) in [6.07, 6.45) is 6.91. The maximum atomic E-state index is 6.28. The average Bonchev–Trinajstić information content (AvgIpc) is 2.39. The Kier molecular flexibility index (Phi) is 4.68. The number of rotatable bonds is 4. The zero-order valence-electron chi connectivity index (χ0n) is 12.0. The molecule has 18 heavy (non-hydrogen) atoms. The first-order valence-electron chi connectivity index (χ1n) is 7.46. The second kappa shape index (κ2) is 6.26. The molecule has 100 valence electrons. The molecule has 1 aromatic carbocycles. The molecule has 1 nitrogen and oxygen atoms in total. The van der Waals surface area contributed by atoms with Gasteiger partial charge in [-0.2, -0.15) is 0 Å². The standard InChI is InChI=1S/C17H26O/c1-4-14-8-7-9-15(12-14)18-17-11-6-5-10-16(17)13(2)3/h5-6,10-11,13-15H,4,7-9,12H2,1-3H3. The van der Waals surface area contributed by atoms with Crippen LogP contribution in [0.25, 0.3) is 0 Å². The molecule has 0 aromatic heterocycles. The third kappa shape index (κ3) is 3.28. The van der Waals surface area contributed by atoms with E-state index in [9.17, 15) is 0 Å². The van der Waals surface area contributed by atoms with Crippen molar-refractivity contribution in [2.45, 2.75) is 64.9 Å². The first kappa shape index (κ1) is 13.5. The molecule has 1 heteroatoms.